The first-order valence-electron chi connectivity index (χ1n) is 9.25. The lowest BCUT2D eigenvalue weighted by atomic mass is 10.1. The van der Waals surface area contributed by atoms with E-state index in [4.69, 9.17) is 5.11 Å². The molecule has 2 aromatic carbocycles. The Balaban J connectivity index is 1.82. The third-order valence-electron chi connectivity index (χ3n) is 4.91. The molecule has 0 aliphatic rings. The van der Waals surface area contributed by atoms with Crippen LogP contribution in [0, 0.1) is 6.92 Å². The van der Waals surface area contributed by atoms with E-state index < -0.39 is 0 Å². The first-order chi connectivity index (χ1) is 13.5. The van der Waals surface area contributed by atoms with Gasteiger partial charge in [-0.3, -0.25) is 9.59 Å². The molecule has 5 nitrogen and oxygen atoms in total. The van der Waals surface area contributed by atoms with Gasteiger partial charge in [-0.05, 0) is 42.2 Å². The molecule has 0 radical (unpaired) electrons. The summed E-state index contributed by atoms with van der Waals surface area (Å²) in [6, 6.07) is 18.7. The van der Waals surface area contributed by atoms with E-state index in [1.54, 1.807) is 23.8 Å². The molecule has 0 spiro atoms. The quantitative estimate of drug-likeness (QED) is 0.694. The minimum Gasteiger partial charge on any atom is -0.392 e. The highest BCUT2D eigenvalue weighted by molar-refractivity contribution is 5.95. The summed E-state index contributed by atoms with van der Waals surface area (Å²) < 4.78 is 1.59. The number of aromatic nitrogens is 1. The van der Waals surface area contributed by atoms with Crippen LogP contribution in [-0.4, -0.2) is 15.6 Å². The lowest BCUT2D eigenvalue weighted by molar-refractivity contribution is 0.0948. The Labute approximate surface area is 164 Å². The van der Waals surface area contributed by atoms with E-state index in [-0.39, 0.29) is 29.7 Å². The lowest BCUT2D eigenvalue weighted by Crippen LogP contribution is -2.35. The molecule has 1 amide bonds. The van der Waals surface area contributed by atoms with Crippen LogP contribution in [-0.2, 0) is 13.2 Å². The highest BCUT2D eigenvalue weighted by atomic mass is 16.3. The van der Waals surface area contributed by atoms with Gasteiger partial charge in [0.1, 0.15) is 5.56 Å². The number of aliphatic hydroxyl groups excluding tert-OH is 1. The van der Waals surface area contributed by atoms with Gasteiger partial charge in [0.2, 0.25) is 0 Å². The van der Waals surface area contributed by atoms with Crippen LogP contribution in [0.1, 0.15) is 45.6 Å². The maximum absolute atomic E-state index is 13.0. The number of pyridine rings is 1. The van der Waals surface area contributed by atoms with Gasteiger partial charge in [-0.25, -0.2) is 0 Å². The van der Waals surface area contributed by atoms with Crippen molar-refractivity contribution < 1.29 is 9.90 Å². The minimum atomic E-state index is -0.386. The molecule has 144 valence electrons. The Morgan fingerprint density at radius 3 is 2.32 bits per heavy atom. The second kappa shape index (κ2) is 8.67. The number of hydrogen-bond donors (Lipinski definition) is 2. The van der Waals surface area contributed by atoms with Gasteiger partial charge in [-0.15, -0.1) is 0 Å². The SMILES string of the molecule is Cc1ccn(C(C)c2ccccc2)c(=O)c1C(=O)NCc1ccc(CO)cc1. The fourth-order valence-corrected chi connectivity index (χ4v) is 3.15. The fraction of sp³-hybridized carbons (Fsp3) is 0.217. The topological polar surface area (TPSA) is 71.3 Å². The predicted octanol–water partition coefficient (Wildman–Crippen LogP) is 3.19. The number of nitrogens with zero attached hydrogens (tertiary/aromatic N) is 1. The van der Waals surface area contributed by atoms with Crippen molar-refractivity contribution >= 4 is 5.91 Å². The number of benzene rings is 2. The van der Waals surface area contributed by atoms with Gasteiger partial charge in [0.25, 0.3) is 11.5 Å². The number of amides is 1. The van der Waals surface area contributed by atoms with Crippen molar-refractivity contribution in [2.24, 2.45) is 0 Å². The molecule has 1 heterocycles. The molecule has 3 rings (SSSR count). The van der Waals surface area contributed by atoms with Crippen molar-refractivity contribution in [2.45, 2.75) is 33.0 Å². The molecule has 0 saturated heterocycles. The zero-order valence-electron chi connectivity index (χ0n) is 16.1. The van der Waals surface area contributed by atoms with Gasteiger partial charge in [0.05, 0.1) is 12.6 Å². The standard InChI is InChI=1S/C23H24N2O3/c1-16-12-13-25(17(2)20-6-4-3-5-7-20)23(28)21(16)22(27)24-14-18-8-10-19(15-26)11-9-18/h3-13,17,26H,14-15H2,1-2H3,(H,24,27). The molecule has 0 fully saturated rings. The molecule has 1 atom stereocenters. The van der Waals surface area contributed by atoms with Crippen LogP contribution in [0.2, 0.25) is 0 Å². The van der Waals surface area contributed by atoms with Crippen LogP contribution >= 0.6 is 0 Å². The summed E-state index contributed by atoms with van der Waals surface area (Å²) in [5.41, 5.74) is 3.23. The van der Waals surface area contributed by atoms with E-state index in [1.807, 2.05) is 61.5 Å². The largest absolute Gasteiger partial charge is 0.392 e. The summed E-state index contributed by atoms with van der Waals surface area (Å²) in [7, 11) is 0. The average Bonchev–Trinajstić information content (AvgIpc) is 2.73. The molecule has 1 unspecified atom stereocenters. The summed E-state index contributed by atoms with van der Waals surface area (Å²) in [6.07, 6.45) is 1.74. The normalized spacial score (nSPS) is 11.8. The fourth-order valence-electron chi connectivity index (χ4n) is 3.15. The Morgan fingerprint density at radius 2 is 1.68 bits per heavy atom. The Hall–Kier alpha value is -3.18. The molecule has 28 heavy (non-hydrogen) atoms. The van der Waals surface area contributed by atoms with Crippen LogP contribution in [0.15, 0.2) is 71.7 Å². The van der Waals surface area contributed by atoms with Gasteiger partial charge in [-0.1, -0.05) is 54.6 Å². The highest BCUT2D eigenvalue weighted by Crippen LogP contribution is 2.16. The van der Waals surface area contributed by atoms with Gasteiger partial charge < -0.3 is 15.0 Å². The number of carbonyl (C=O) groups excluding carboxylic acids is 1. The van der Waals surface area contributed by atoms with E-state index in [0.29, 0.717) is 12.1 Å². The first kappa shape index (κ1) is 19.6. The molecule has 0 aliphatic carbocycles. The van der Waals surface area contributed by atoms with Gasteiger partial charge in [0.15, 0.2) is 0 Å². The molecule has 3 aromatic rings. The number of aryl methyl sites for hydroxylation is 1. The second-order valence-electron chi connectivity index (χ2n) is 6.83. The van der Waals surface area contributed by atoms with Crippen molar-refractivity contribution in [1.82, 2.24) is 9.88 Å². The van der Waals surface area contributed by atoms with E-state index in [1.165, 1.54) is 0 Å². The molecular formula is C23H24N2O3. The van der Waals surface area contributed by atoms with Crippen molar-refractivity contribution in [3.63, 3.8) is 0 Å². The number of nitrogens with one attached hydrogen (secondary N) is 1. The zero-order chi connectivity index (χ0) is 20.1. The van der Waals surface area contributed by atoms with E-state index in [9.17, 15) is 9.59 Å². The Morgan fingerprint density at radius 1 is 1.04 bits per heavy atom. The molecule has 5 heteroatoms. The number of carbonyl (C=O) groups is 1. The van der Waals surface area contributed by atoms with Crippen molar-refractivity contribution in [3.8, 4) is 0 Å². The maximum atomic E-state index is 13.0. The van der Waals surface area contributed by atoms with E-state index >= 15 is 0 Å². The van der Waals surface area contributed by atoms with E-state index in [2.05, 4.69) is 5.32 Å². The molecule has 2 N–H and O–H groups in total. The highest BCUT2D eigenvalue weighted by Gasteiger charge is 2.18. The third kappa shape index (κ3) is 4.21. The summed E-state index contributed by atoms with van der Waals surface area (Å²) >= 11 is 0. The van der Waals surface area contributed by atoms with Gasteiger partial charge >= 0.3 is 0 Å². The smallest absolute Gasteiger partial charge is 0.264 e. The lowest BCUT2D eigenvalue weighted by Gasteiger charge is -2.17. The second-order valence-corrected chi connectivity index (χ2v) is 6.83. The summed E-state index contributed by atoms with van der Waals surface area (Å²) in [4.78, 5) is 25.7. The monoisotopic (exact) mass is 376 g/mol. The van der Waals surface area contributed by atoms with Crippen LogP contribution in [0.4, 0.5) is 0 Å². The first-order valence-corrected chi connectivity index (χ1v) is 9.25. The Kier molecular flexibility index (Phi) is 6.06. The zero-order valence-corrected chi connectivity index (χ0v) is 16.1. The summed E-state index contributed by atoms with van der Waals surface area (Å²) in [5, 5.41) is 11.9. The molecular weight excluding hydrogens is 352 g/mol. The van der Waals surface area contributed by atoms with Gasteiger partial charge in [-0.2, -0.15) is 0 Å². The van der Waals surface area contributed by atoms with Gasteiger partial charge in [0, 0.05) is 12.7 Å². The van der Waals surface area contributed by atoms with Crippen molar-refractivity contribution in [2.75, 3.05) is 0 Å². The van der Waals surface area contributed by atoms with Crippen molar-refractivity contribution in [1.29, 1.82) is 0 Å². The number of aliphatic hydroxyl groups is 1. The molecule has 1 aromatic heterocycles. The Bertz CT molecular complexity index is 1010. The number of hydrogen-bond acceptors (Lipinski definition) is 3. The molecule has 0 bridgehead atoms. The van der Waals surface area contributed by atoms with E-state index in [0.717, 1.165) is 16.7 Å². The van der Waals surface area contributed by atoms with Crippen LogP contribution < -0.4 is 10.9 Å². The average molecular weight is 376 g/mol. The minimum absolute atomic E-state index is 0.0189. The van der Waals surface area contributed by atoms with Crippen LogP contribution in [0.5, 0.6) is 0 Å². The number of rotatable bonds is 6. The summed E-state index contributed by atoms with van der Waals surface area (Å²) in [6.45, 7) is 4.00. The molecule has 0 aliphatic heterocycles. The predicted molar refractivity (Wildman–Crippen MR) is 109 cm³/mol. The summed E-state index contributed by atoms with van der Waals surface area (Å²) in [5.74, 6) is -0.386. The van der Waals surface area contributed by atoms with Crippen LogP contribution in [0.3, 0.4) is 0 Å². The van der Waals surface area contributed by atoms with Crippen LogP contribution in [0.25, 0.3) is 0 Å². The molecule has 0 saturated carbocycles. The maximum Gasteiger partial charge on any atom is 0.264 e. The van der Waals surface area contributed by atoms with Crippen molar-refractivity contribution in [3.05, 3.63) is 105 Å². The third-order valence-corrected chi connectivity index (χ3v) is 4.91.